The minimum absolute atomic E-state index is 0.0579. The van der Waals surface area contributed by atoms with E-state index in [2.05, 4.69) is 75.1 Å². The van der Waals surface area contributed by atoms with Crippen LogP contribution < -0.4 is 4.57 Å². The van der Waals surface area contributed by atoms with Crippen molar-refractivity contribution in [3.8, 4) is 0 Å². The summed E-state index contributed by atoms with van der Waals surface area (Å²) < 4.78 is 2.10. The lowest BCUT2D eigenvalue weighted by Gasteiger charge is -2.57. The summed E-state index contributed by atoms with van der Waals surface area (Å²) >= 11 is 0. The fraction of sp³-hybridized carbons (Fsp3) is 0.690. The fourth-order valence-electron chi connectivity index (χ4n) is 8.41. The van der Waals surface area contributed by atoms with Crippen LogP contribution in [0.25, 0.3) is 6.08 Å². The molecule has 2 nitrogen and oxygen atoms in total. The van der Waals surface area contributed by atoms with E-state index >= 15 is 0 Å². The lowest BCUT2D eigenvalue weighted by Crippen LogP contribution is -2.49. The van der Waals surface area contributed by atoms with E-state index < -0.39 is 0 Å². The molecule has 5 rings (SSSR count). The molecule has 0 amide bonds. The zero-order chi connectivity index (χ0) is 21.8. The molecule has 4 aliphatic rings. The number of aromatic nitrogens is 1. The SMILES string of the molecule is C[C@H](/C=C/c1cc[n+](C)cc1)[C@H]1CC[C@H]2C3=CCC4C[C@@H](O)CC[C@]4(C)[C@H]3CC[C@]12C. The molecule has 4 aliphatic carbocycles. The van der Waals surface area contributed by atoms with Crippen LogP contribution in [0.5, 0.6) is 0 Å². The molecule has 31 heavy (non-hydrogen) atoms. The Morgan fingerprint density at radius 2 is 1.74 bits per heavy atom. The number of hydrogen-bond acceptors (Lipinski definition) is 1. The predicted octanol–water partition coefficient (Wildman–Crippen LogP) is 6.10. The number of hydrogen-bond donors (Lipinski definition) is 1. The highest BCUT2D eigenvalue weighted by atomic mass is 16.3. The third-order valence-electron chi connectivity index (χ3n) is 10.4. The van der Waals surface area contributed by atoms with Crippen LogP contribution in [-0.4, -0.2) is 11.2 Å². The second-order valence-corrected chi connectivity index (χ2v) is 11.9. The van der Waals surface area contributed by atoms with Gasteiger partial charge in [0.05, 0.1) is 6.10 Å². The molecule has 0 spiro atoms. The topological polar surface area (TPSA) is 24.1 Å². The molecular formula is C29H42NO+. The molecule has 1 aromatic heterocycles. The molecule has 0 aromatic carbocycles. The number of allylic oxidation sites excluding steroid dienone is 3. The molecule has 0 radical (unpaired) electrons. The molecule has 8 atom stereocenters. The van der Waals surface area contributed by atoms with Gasteiger partial charge in [0.2, 0.25) is 0 Å². The van der Waals surface area contributed by atoms with E-state index in [1.54, 1.807) is 0 Å². The van der Waals surface area contributed by atoms with Crippen molar-refractivity contribution >= 4 is 6.08 Å². The molecule has 168 valence electrons. The smallest absolute Gasteiger partial charge is 0.169 e. The highest BCUT2D eigenvalue weighted by Gasteiger charge is 2.57. The Kier molecular flexibility index (Phi) is 5.44. The molecule has 3 fully saturated rings. The first-order valence-electron chi connectivity index (χ1n) is 12.8. The molecule has 0 aliphatic heterocycles. The van der Waals surface area contributed by atoms with Crippen molar-refractivity contribution in [1.82, 2.24) is 0 Å². The van der Waals surface area contributed by atoms with Crippen molar-refractivity contribution in [3.05, 3.63) is 47.8 Å². The van der Waals surface area contributed by atoms with Gasteiger partial charge in [-0.3, -0.25) is 0 Å². The fourth-order valence-corrected chi connectivity index (χ4v) is 8.41. The number of pyridine rings is 1. The monoisotopic (exact) mass is 420 g/mol. The zero-order valence-corrected chi connectivity index (χ0v) is 20.1. The summed E-state index contributed by atoms with van der Waals surface area (Å²) in [5.41, 5.74) is 4.02. The Labute approximate surface area is 189 Å². The van der Waals surface area contributed by atoms with Gasteiger partial charge in [-0.05, 0) is 97.3 Å². The molecule has 3 saturated carbocycles. The summed E-state index contributed by atoms with van der Waals surface area (Å²) in [5.74, 6) is 3.66. The normalized spacial score (nSPS) is 43.1. The van der Waals surface area contributed by atoms with Gasteiger partial charge in [0.15, 0.2) is 12.4 Å². The van der Waals surface area contributed by atoms with E-state index in [-0.39, 0.29) is 6.10 Å². The van der Waals surface area contributed by atoms with Crippen LogP contribution in [0.1, 0.15) is 77.7 Å². The summed E-state index contributed by atoms with van der Waals surface area (Å²) in [7, 11) is 2.07. The minimum atomic E-state index is -0.0579. The van der Waals surface area contributed by atoms with Gasteiger partial charge in [-0.2, -0.15) is 0 Å². The molecule has 2 heteroatoms. The first-order chi connectivity index (χ1) is 14.8. The number of aliphatic hydroxyl groups excluding tert-OH is 1. The highest BCUT2D eigenvalue weighted by Crippen LogP contribution is 2.66. The Bertz CT molecular complexity index is 869. The molecule has 1 heterocycles. The lowest BCUT2D eigenvalue weighted by atomic mass is 9.47. The van der Waals surface area contributed by atoms with Crippen LogP contribution in [0.3, 0.4) is 0 Å². The molecular weight excluding hydrogens is 378 g/mol. The molecule has 0 bridgehead atoms. The Morgan fingerprint density at radius 1 is 1.03 bits per heavy atom. The summed E-state index contributed by atoms with van der Waals surface area (Å²) in [4.78, 5) is 0. The summed E-state index contributed by atoms with van der Waals surface area (Å²) in [6.45, 7) is 7.65. The standard InChI is InChI=1S/C29H42NO/c1-20(5-6-21-13-17-30(4)18-14-21)25-9-10-26-24-8-7-22-19-23(31)11-15-28(22,2)27(24)12-16-29(25,26)3/h5-6,8,13-14,17-18,20,22-23,25-27,31H,7,9-12,15-16,19H2,1-4H3/q+1/b6-5+/t20-,22?,23+,25-,26+,27+,28+,29-/m1/s1. The van der Waals surface area contributed by atoms with Gasteiger partial charge < -0.3 is 5.11 Å². The average molecular weight is 421 g/mol. The van der Waals surface area contributed by atoms with E-state index in [9.17, 15) is 5.11 Å². The van der Waals surface area contributed by atoms with Gasteiger partial charge in [0.25, 0.3) is 0 Å². The van der Waals surface area contributed by atoms with Crippen molar-refractivity contribution in [1.29, 1.82) is 0 Å². The van der Waals surface area contributed by atoms with Gasteiger partial charge in [-0.25, -0.2) is 4.57 Å². The summed E-state index contributed by atoms with van der Waals surface area (Å²) in [6.07, 6.45) is 21.7. The number of aryl methyl sites for hydroxylation is 1. The van der Waals surface area contributed by atoms with E-state index in [4.69, 9.17) is 0 Å². The third-order valence-corrected chi connectivity index (χ3v) is 10.4. The first-order valence-corrected chi connectivity index (χ1v) is 12.8. The van der Waals surface area contributed by atoms with Crippen molar-refractivity contribution in [2.45, 2.75) is 78.2 Å². The van der Waals surface area contributed by atoms with Crippen LogP contribution in [0.4, 0.5) is 0 Å². The van der Waals surface area contributed by atoms with Crippen molar-refractivity contribution in [3.63, 3.8) is 0 Å². The first kappa shape index (κ1) is 21.4. The lowest BCUT2D eigenvalue weighted by molar-refractivity contribution is -0.671. The van der Waals surface area contributed by atoms with Gasteiger partial charge in [0.1, 0.15) is 7.05 Å². The molecule has 1 N–H and O–H groups in total. The van der Waals surface area contributed by atoms with Crippen LogP contribution in [0.15, 0.2) is 42.3 Å². The molecule has 1 unspecified atom stereocenters. The van der Waals surface area contributed by atoms with Gasteiger partial charge in [-0.15, -0.1) is 0 Å². The number of rotatable bonds is 3. The van der Waals surface area contributed by atoms with Crippen LogP contribution >= 0.6 is 0 Å². The predicted molar refractivity (Wildman–Crippen MR) is 127 cm³/mol. The van der Waals surface area contributed by atoms with E-state index in [1.807, 2.05) is 5.57 Å². The zero-order valence-electron chi connectivity index (χ0n) is 20.1. The van der Waals surface area contributed by atoms with Crippen molar-refractivity contribution in [2.75, 3.05) is 0 Å². The quantitative estimate of drug-likeness (QED) is 0.464. The molecule has 0 saturated heterocycles. The van der Waals surface area contributed by atoms with Crippen molar-refractivity contribution < 1.29 is 9.67 Å². The Hall–Kier alpha value is -1.41. The van der Waals surface area contributed by atoms with Gasteiger partial charge in [-0.1, -0.05) is 44.6 Å². The Balaban J connectivity index is 1.35. The minimum Gasteiger partial charge on any atom is -0.393 e. The van der Waals surface area contributed by atoms with Crippen molar-refractivity contribution in [2.24, 2.45) is 47.5 Å². The maximum absolute atomic E-state index is 10.3. The highest BCUT2D eigenvalue weighted by molar-refractivity contribution is 5.48. The summed E-state index contributed by atoms with van der Waals surface area (Å²) in [6, 6.07) is 4.41. The second-order valence-electron chi connectivity index (χ2n) is 11.9. The van der Waals surface area contributed by atoms with E-state index in [0.29, 0.717) is 22.7 Å². The second kappa shape index (κ2) is 7.87. The van der Waals surface area contributed by atoms with Crippen LogP contribution in [0, 0.1) is 40.4 Å². The number of aliphatic hydroxyl groups is 1. The molecule has 1 aromatic rings. The summed E-state index contributed by atoms with van der Waals surface area (Å²) in [5, 5.41) is 10.3. The van der Waals surface area contributed by atoms with E-state index in [0.717, 1.165) is 30.6 Å². The number of fused-ring (bicyclic) bond motifs is 5. The number of nitrogens with zero attached hydrogens (tertiary/aromatic N) is 1. The largest absolute Gasteiger partial charge is 0.393 e. The third kappa shape index (κ3) is 3.54. The Morgan fingerprint density at radius 3 is 2.52 bits per heavy atom. The maximum Gasteiger partial charge on any atom is 0.169 e. The maximum atomic E-state index is 10.3. The van der Waals surface area contributed by atoms with Gasteiger partial charge >= 0.3 is 0 Å². The van der Waals surface area contributed by atoms with E-state index in [1.165, 1.54) is 44.1 Å². The van der Waals surface area contributed by atoms with Crippen LogP contribution in [0.2, 0.25) is 0 Å². The average Bonchev–Trinajstić information content (AvgIpc) is 3.11. The van der Waals surface area contributed by atoms with Crippen LogP contribution in [-0.2, 0) is 7.05 Å². The van der Waals surface area contributed by atoms with Gasteiger partial charge in [0, 0.05) is 12.1 Å².